The zero-order chi connectivity index (χ0) is 12.4. The van der Waals surface area contributed by atoms with Gasteiger partial charge >= 0.3 is 0 Å². The van der Waals surface area contributed by atoms with Crippen molar-refractivity contribution < 1.29 is 8.42 Å². The van der Waals surface area contributed by atoms with Gasteiger partial charge in [-0.25, -0.2) is 8.42 Å². The van der Waals surface area contributed by atoms with E-state index in [2.05, 4.69) is 19.2 Å². The Labute approximate surface area is 99.9 Å². The number of hydrogen-bond donors (Lipinski definition) is 1. The van der Waals surface area contributed by atoms with Gasteiger partial charge in [0.2, 0.25) is 0 Å². The highest BCUT2D eigenvalue weighted by Crippen LogP contribution is 2.56. The maximum atomic E-state index is 11.9. The average Bonchev–Trinajstić information content (AvgIpc) is 2.15. The van der Waals surface area contributed by atoms with Crippen LogP contribution in [0.15, 0.2) is 0 Å². The van der Waals surface area contributed by atoms with Gasteiger partial charge in [0, 0.05) is 12.8 Å². The van der Waals surface area contributed by atoms with E-state index in [1.807, 2.05) is 6.92 Å². The maximum absolute atomic E-state index is 11.9. The van der Waals surface area contributed by atoms with Crippen LogP contribution in [-0.2, 0) is 9.84 Å². The van der Waals surface area contributed by atoms with Crippen LogP contribution in [0, 0.1) is 5.41 Å². The normalized spacial score (nSPS) is 22.8. The lowest BCUT2D eigenvalue weighted by molar-refractivity contribution is 0.0646. The van der Waals surface area contributed by atoms with E-state index >= 15 is 0 Å². The monoisotopic (exact) mass is 247 g/mol. The van der Waals surface area contributed by atoms with Crippen molar-refractivity contribution in [2.24, 2.45) is 5.41 Å². The summed E-state index contributed by atoms with van der Waals surface area (Å²) in [6, 6.07) is 0. The van der Waals surface area contributed by atoms with Gasteiger partial charge in [-0.3, -0.25) is 0 Å². The second kappa shape index (κ2) is 4.65. The molecular weight excluding hydrogens is 222 g/mol. The molecule has 0 spiro atoms. The first kappa shape index (κ1) is 14.0. The van der Waals surface area contributed by atoms with Gasteiger partial charge in [-0.15, -0.1) is 0 Å². The lowest BCUT2D eigenvalue weighted by Gasteiger charge is -2.55. The molecular formula is C12H25NO2S. The highest BCUT2D eigenvalue weighted by Gasteiger charge is 2.57. The highest BCUT2D eigenvalue weighted by atomic mass is 32.2. The van der Waals surface area contributed by atoms with E-state index in [4.69, 9.17) is 0 Å². The van der Waals surface area contributed by atoms with Crippen LogP contribution < -0.4 is 5.32 Å². The summed E-state index contributed by atoms with van der Waals surface area (Å²) >= 11 is 0. The van der Waals surface area contributed by atoms with Crippen molar-refractivity contribution in [1.29, 1.82) is 0 Å². The SMILES string of the molecule is CCNCC1(S(C)(=O)=O)CC(CC)(CC)C1. The molecule has 1 aliphatic rings. The quantitative estimate of drug-likeness (QED) is 0.780. The molecule has 0 unspecified atom stereocenters. The molecule has 0 atom stereocenters. The molecule has 16 heavy (non-hydrogen) atoms. The molecule has 1 N–H and O–H groups in total. The summed E-state index contributed by atoms with van der Waals surface area (Å²) in [4.78, 5) is 0. The minimum absolute atomic E-state index is 0.276. The van der Waals surface area contributed by atoms with E-state index in [0.29, 0.717) is 6.54 Å². The predicted octanol–water partition coefficient (Wildman–Crippen LogP) is 1.98. The van der Waals surface area contributed by atoms with Gasteiger partial charge in [0.1, 0.15) is 0 Å². The summed E-state index contributed by atoms with van der Waals surface area (Å²) in [7, 11) is -2.95. The summed E-state index contributed by atoms with van der Waals surface area (Å²) in [5, 5.41) is 3.20. The standard InChI is InChI=1S/C12H25NO2S/c1-5-11(6-2)8-12(9-11,10-13-7-3)16(4,14)15/h13H,5-10H2,1-4H3. The third-order valence-electron chi connectivity index (χ3n) is 4.38. The molecule has 96 valence electrons. The summed E-state index contributed by atoms with van der Waals surface area (Å²) in [5.41, 5.74) is 0.276. The van der Waals surface area contributed by atoms with Crippen molar-refractivity contribution in [3.05, 3.63) is 0 Å². The van der Waals surface area contributed by atoms with E-state index < -0.39 is 14.6 Å². The summed E-state index contributed by atoms with van der Waals surface area (Å²) in [6.07, 6.45) is 5.23. The molecule has 1 aliphatic carbocycles. The van der Waals surface area contributed by atoms with Crippen LogP contribution in [0.3, 0.4) is 0 Å². The van der Waals surface area contributed by atoms with Gasteiger partial charge in [0.05, 0.1) is 4.75 Å². The van der Waals surface area contributed by atoms with Crippen molar-refractivity contribution in [2.75, 3.05) is 19.3 Å². The van der Waals surface area contributed by atoms with Crippen LogP contribution >= 0.6 is 0 Å². The fraction of sp³-hybridized carbons (Fsp3) is 1.00. The molecule has 0 aliphatic heterocycles. The smallest absolute Gasteiger partial charge is 0.154 e. The van der Waals surface area contributed by atoms with Gasteiger partial charge in [0.15, 0.2) is 9.84 Å². The molecule has 0 bridgehead atoms. The topological polar surface area (TPSA) is 46.2 Å². The Kier molecular flexibility index (Phi) is 4.06. The molecule has 0 aromatic rings. The number of sulfone groups is 1. The second-order valence-corrected chi connectivity index (χ2v) is 7.71. The van der Waals surface area contributed by atoms with Crippen molar-refractivity contribution in [2.45, 2.75) is 51.2 Å². The van der Waals surface area contributed by atoms with Gasteiger partial charge in [-0.2, -0.15) is 0 Å². The fourth-order valence-corrected chi connectivity index (χ4v) is 4.44. The van der Waals surface area contributed by atoms with Gasteiger partial charge in [0.25, 0.3) is 0 Å². The molecule has 0 saturated heterocycles. The Morgan fingerprint density at radius 1 is 1.12 bits per heavy atom. The third-order valence-corrected chi connectivity index (χ3v) is 6.38. The minimum atomic E-state index is -2.95. The van der Waals surface area contributed by atoms with Crippen molar-refractivity contribution >= 4 is 9.84 Å². The van der Waals surface area contributed by atoms with E-state index in [0.717, 1.165) is 32.2 Å². The maximum Gasteiger partial charge on any atom is 0.154 e. The van der Waals surface area contributed by atoms with Crippen LogP contribution in [0.5, 0.6) is 0 Å². The van der Waals surface area contributed by atoms with E-state index in [-0.39, 0.29) is 5.41 Å². The predicted molar refractivity (Wildman–Crippen MR) is 68.4 cm³/mol. The summed E-state index contributed by atoms with van der Waals surface area (Å²) in [5.74, 6) is 0. The van der Waals surface area contributed by atoms with Crippen molar-refractivity contribution in [1.82, 2.24) is 5.32 Å². The molecule has 0 radical (unpaired) electrons. The van der Waals surface area contributed by atoms with Crippen molar-refractivity contribution in [3.8, 4) is 0 Å². The van der Waals surface area contributed by atoms with Crippen LogP contribution in [0.4, 0.5) is 0 Å². The minimum Gasteiger partial charge on any atom is -0.315 e. The van der Waals surface area contributed by atoms with Gasteiger partial charge in [-0.1, -0.05) is 33.6 Å². The number of nitrogens with one attached hydrogen (secondary N) is 1. The Bertz CT molecular complexity index is 323. The molecule has 1 fully saturated rings. The Balaban J connectivity index is 2.81. The van der Waals surface area contributed by atoms with Gasteiger partial charge < -0.3 is 5.32 Å². The second-order valence-electron chi connectivity index (χ2n) is 5.30. The molecule has 3 nitrogen and oxygen atoms in total. The van der Waals surface area contributed by atoms with Crippen LogP contribution in [-0.4, -0.2) is 32.5 Å². The fourth-order valence-electron chi connectivity index (χ4n) is 2.94. The van der Waals surface area contributed by atoms with Crippen LogP contribution in [0.2, 0.25) is 0 Å². The zero-order valence-corrected chi connectivity index (χ0v) is 11.8. The lowest BCUT2D eigenvalue weighted by Crippen LogP contribution is -2.60. The molecule has 0 heterocycles. The highest BCUT2D eigenvalue weighted by molar-refractivity contribution is 7.92. The van der Waals surface area contributed by atoms with Gasteiger partial charge in [-0.05, 0) is 24.8 Å². The first-order chi connectivity index (χ1) is 7.35. The third kappa shape index (κ3) is 2.28. The number of rotatable bonds is 6. The summed E-state index contributed by atoms with van der Waals surface area (Å²) < 4.78 is 23.4. The van der Waals surface area contributed by atoms with E-state index in [9.17, 15) is 8.42 Å². The van der Waals surface area contributed by atoms with Crippen LogP contribution in [0.25, 0.3) is 0 Å². The molecule has 0 aromatic heterocycles. The molecule has 0 amide bonds. The largest absolute Gasteiger partial charge is 0.315 e. The lowest BCUT2D eigenvalue weighted by atomic mass is 9.58. The van der Waals surface area contributed by atoms with Crippen molar-refractivity contribution in [3.63, 3.8) is 0 Å². The van der Waals surface area contributed by atoms with E-state index in [1.165, 1.54) is 6.26 Å². The molecule has 1 saturated carbocycles. The first-order valence-electron chi connectivity index (χ1n) is 6.25. The Hall–Kier alpha value is -0.0900. The zero-order valence-electron chi connectivity index (χ0n) is 11.0. The number of hydrogen-bond acceptors (Lipinski definition) is 3. The summed E-state index contributed by atoms with van der Waals surface area (Å²) in [6.45, 7) is 7.81. The Morgan fingerprint density at radius 2 is 1.62 bits per heavy atom. The van der Waals surface area contributed by atoms with E-state index in [1.54, 1.807) is 0 Å². The molecule has 0 aromatic carbocycles. The molecule has 1 rings (SSSR count). The van der Waals surface area contributed by atoms with Crippen LogP contribution in [0.1, 0.15) is 46.5 Å². The molecule has 4 heteroatoms. The average molecular weight is 247 g/mol. The Morgan fingerprint density at radius 3 is 1.94 bits per heavy atom. The first-order valence-corrected chi connectivity index (χ1v) is 8.14.